The molecule has 0 spiro atoms. The number of anilines is 1. The van der Waals surface area contributed by atoms with Gasteiger partial charge in [-0.3, -0.25) is 9.59 Å². The summed E-state index contributed by atoms with van der Waals surface area (Å²) in [5, 5.41) is 6.46. The van der Waals surface area contributed by atoms with E-state index in [1.54, 1.807) is 29.3 Å². The number of hydrogen-bond acceptors (Lipinski definition) is 5. The molecule has 2 atom stereocenters. The quantitative estimate of drug-likeness (QED) is 0.673. The van der Waals surface area contributed by atoms with Crippen molar-refractivity contribution < 1.29 is 18.4 Å². The average molecular weight is 400 g/mol. The molecule has 0 bridgehead atoms. The predicted molar refractivity (Wildman–Crippen MR) is 101 cm³/mol. The lowest BCUT2D eigenvalue weighted by Gasteiger charge is -2.25. The van der Waals surface area contributed by atoms with Crippen LogP contribution in [-0.2, 0) is 4.79 Å². The molecule has 0 unspecified atom stereocenters. The first-order chi connectivity index (χ1) is 13.9. The highest BCUT2D eigenvalue weighted by atomic mass is 19.1. The van der Waals surface area contributed by atoms with Crippen LogP contribution in [0.3, 0.4) is 0 Å². The highest BCUT2D eigenvalue weighted by Gasteiger charge is 2.34. The Morgan fingerprint density at radius 1 is 1.31 bits per heavy atom. The van der Waals surface area contributed by atoms with Gasteiger partial charge in [0, 0.05) is 12.6 Å². The van der Waals surface area contributed by atoms with Crippen LogP contribution in [0.15, 0.2) is 42.7 Å². The molecule has 0 radical (unpaired) electrons. The van der Waals surface area contributed by atoms with E-state index < -0.39 is 23.8 Å². The highest BCUT2D eigenvalue weighted by molar-refractivity contribution is 6.01. The Morgan fingerprint density at radius 2 is 2.14 bits per heavy atom. The Morgan fingerprint density at radius 3 is 2.90 bits per heavy atom. The van der Waals surface area contributed by atoms with Crippen LogP contribution in [0.5, 0.6) is 0 Å². The van der Waals surface area contributed by atoms with E-state index in [0.717, 1.165) is 0 Å². The van der Waals surface area contributed by atoms with Crippen LogP contribution in [0.4, 0.5) is 14.6 Å². The monoisotopic (exact) mass is 400 g/mol. The number of benzene rings is 1. The van der Waals surface area contributed by atoms with E-state index >= 15 is 0 Å². The zero-order chi connectivity index (χ0) is 20.5. The van der Waals surface area contributed by atoms with Crippen LogP contribution in [0, 0.1) is 5.82 Å². The van der Waals surface area contributed by atoms with Gasteiger partial charge in [0.25, 0.3) is 5.91 Å². The van der Waals surface area contributed by atoms with Crippen molar-refractivity contribution in [3.05, 3.63) is 59.7 Å². The first-order valence-electron chi connectivity index (χ1n) is 8.99. The molecule has 0 saturated carbocycles. The number of nitrogens with zero attached hydrogens (tertiary/aromatic N) is 4. The standard InChI is InChI=1S/C19H18F2N6O2/c20-12-3-1-2-11(6-12)15-7-13(21)10-26(15)17-4-5-27-18(25-17)14(8-24-27)19(29)23-9-16(22)28/h1-6,8,13,15H,7,9-10H2,(H2,22,28)(H,23,29)/t13-,15+/m0/s1. The van der Waals surface area contributed by atoms with Crippen molar-refractivity contribution in [3.8, 4) is 0 Å². The van der Waals surface area contributed by atoms with Crippen LogP contribution in [0.25, 0.3) is 5.65 Å². The maximum atomic E-state index is 14.2. The second-order valence-corrected chi connectivity index (χ2v) is 6.82. The van der Waals surface area contributed by atoms with E-state index in [2.05, 4.69) is 15.4 Å². The van der Waals surface area contributed by atoms with Gasteiger partial charge in [-0.2, -0.15) is 5.10 Å². The number of alkyl halides is 1. The fourth-order valence-electron chi connectivity index (χ4n) is 3.51. The molecular formula is C19H18F2N6O2. The number of amides is 2. The smallest absolute Gasteiger partial charge is 0.257 e. The third-order valence-electron chi connectivity index (χ3n) is 4.80. The first-order valence-corrected chi connectivity index (χ1v) is 8.99. The molecule has 10 heteroatoms. The molecule has 4 rings (SSSR count). The average Bonchev–Trinajstić information content (AvgIpc) is 3.29. The van der Waals surface area contributed by atoms with Gasteiger partial charge in [-0.15, -0.1) is 0 Å². The zero-order valence-electron chi connectivity index (χ0n) is 15.3. The minimum Gasteiger partial charge on any atom is -0.368 e. The topological polar surface area (TPSA) is 106 Å². The number of nitrogens with two attached hydrogens (primary N) is 1. The third kappa shape index (κ3) is 3.73. The van der Waals surface area contributed by atoms with Crippen molar-refractivity contribution in [3.63, 3.8) is 0 Å². The van der Waals surface area contributed by atoms with Gasteiger partial charge in [-0.05, 0) is 23.8 Å². The lowest BCUT2D eigenvalue weighted by atomic mass is 10.0. The number of aromatic nitrogens is 3. The summed E-state index contributed by atoms with van der Waals surface area (Å²) in [4.78, 5) is 29.4. The maximum absolute atomic E-state index is 14.2. The van der Waals surface area contributed by atoms with Crippen LogP contribution < -0.4 is 16.0 Å². The number of hydrogen-bond donors (Lipinski definition) is 2. The van der Waals surface area contributed by atoms with Crippen molar-refractivity contribution >= 4 is 23.3 Å². The maximum Gasteiger partial charge on any atom is 0.257 e. The van der Waals surface area contributed by atoms with Crippen molar-refractivity contribution in [2.45, 2.75) is 18.6 Å². The number of fused-ring (bicyclic) bond motifs is 1. The summed E-state index contributed by atoms with van der Waals surface area (Å²) >= 11 is 0. The fraction of sp³-hybridized carbons (Fsp3) is 0.263. The third-order valence-corrected chi connectivity index (χ3v) is 4.80. The lowest BCUT2D eigenvalue weighted by Crippen LogP contribution is -2.33. The molecule has 2 aromatic heterocycles. The molecule has 1 aliphatic heterocycles. The second kappa shape index (κ2) is 7.46. The number of rotatable bonds is 5. The van der Waals surface area contributed by atoms with E-state index in [9.17, 15) is 18.4 Å². The molecule has 150 valence electrons. The van der Waals surface area contributed by atoms with Crippen molar-refractivity contribution in [2.75, 3.05) is 18.0 Å². The van der Waals surface area contributed by atoms with Crippen molar-refractivity contribution in [1.29, 1.82) is 0 Å². The molecule has 0 aliphatic carbocycles. The number of nitrogens with one attached hydrogen (secondary N) is 1. The summed E-state index contributed by atoms with van der Waals surface area (Å²) in [6, 6.07) is 7.34. The SMILES string of the molecule is NC(=O)CNC(=O)c1cnn2ccc(N3C[C@@H](F)C[C@@H]3c3cccc(F)c3)nc12. The summed E-state index contributed by atoms with van der Waals surface area (Å²) in [5.41, 5.74) is 6.11. The predicted octanol–water partition coefficient (Wildman–Crippen LogP) is 1.37. The van der Waals surface area contributed by atoms with Gasteiger partial charge in [0.05, 0.1) is 25.3 Å². The highest BCUT2D eigenvalue weighted by Crippen LogP contribution is 2.37. The summed E-state index contributed by atoms with van der Waals surface area (Å²) in [6.07, 6.45) is 2.05. The molecule has 1 aliphatic rings. The molecule has 1 saturated heterocycles. The minimum absolute atomic E-state index is 0.0989. The summed E-state index contributed by atoms with van der Waals surface area (Å²) in [7, 11) is 0. The van der Waals surface area contributed by atoms with Gasteiger partial charge in [0.2, 0.25) is 5.91 Å². The largest absolute Gasteiger partial charge is 0.368 e. The molecule has 1 fully saturated rings. The lowest BCUT2D eigenvalue weighted by molar-refractivity contribution is -0.117. The minimum atomic E-state index is -1.09. The Balaban J connectivity index is 1.68. The van der Waals surface area contributed by atoms with Gasteiger partial charge in [-0.1, -0.05) is 12.1 Å². The van der Waals surface area contributed by atoms with Gasteiger partial charge >= 0.3 is 0 Å². The molecular weight excluding hydrogens is 382 g/mol. The Kier molecular flexibility index (Phi) is 4.83. The zero-order valence-corrected chi connectivity index (χ0v) is 15.3. The molecule has 3 heterocycles. The van der Waals surface area contributed by atoms with E-state index in [1.807, 2.05) is 0 Å². The Hall–Kier alpha value is -3.56. The summed E-state index contributed by atoms with van der Waals surface area (Å²) in [6.45, 7) is -0.213. The molecule has 3 N–H and O–H groups in total. The van der Waals surface area contributed by atoms with Gasteiger partial charge in [0.15, 0.2) is 5.65 Å². The number of primary amides is 1. The molecule has 8 nitrogen and oxygen atoms in total. The molecule has 2 amide bonds. The van der Waals surface area contributed by atoms with E-state index in [1.165, 1.54) is 22.8 Å². The fourth-order valence-corrected chi connectivity index (χ4v) is 3.51. The normalized spacial score (nSPS) is 18.9. The van der Waals surface area contributed by atoms with Gasteiger partial charge in [-0.25, -0.2) is 18.3 Å². The molecule has 3 aromatic rings. The van der Waals surface area contributed by atoms with Crippen LogP contribution in [0.1, 0.15) is 28.4 Å². The first kappa shape index (κ1) is 18.8. The summed E-state index contributed by atoms with van der Waals surface area (Å²) in [5.74, 6) is -1.17. The van der Waals surface area contributed by atoms with Gasteiger partial charge < -0.3 is 16.0 Å². The molecule has 29 heavy (non-hydrogen) atoms. The number of carbonyl (C=O) groups is 2. The second-order valence-electron chi connectivity index (χ2n) is 6.82. The van der Waals surface area contributed by atoms with Gasteiger partial charge in [0.1, 0.15) is 23.4 Å². The van der Waals surface area contributed by atoms with E-state index in [0.29, 0.717) is 11.4 Å². The number of halogens is 2. The van der Waals surface area contributed by atoms with E-state index in [-0.39, 0.29) is 36.8 Å². The molecule has 1 aromatic carbocycles. The number of carbonyl (C=O) groups excluding carboxylic acids is 2. The Bertz CT molecular complexity index is 1090. The van der Waals surface area contributed by atoms with Crippen molar-refractivity contribution in [1.82, 2.24) is 19.9 Å². The van der Waals surface area contributed by atoms with Crippen molar-refractivity contribution in [2.24, 2.45) is 5.73 Å². The van der Waals surface area contributed by atoms with Crippen LogP contribution in [-0.4, -0.2) is 45.7 Å². The van der Waals surface area contributed by atoms with Crippen LogP contribution >= 0.6 is 0 Å². The van der Waals surface area contributed by atoms with Crippen LogP contribution in [0.2, 0.25) is 0 Å². The summed E-state index contributed by atoms with van der Waals surface area (Å²) < 4.78 is 29.3. The Labute approximate surface area is 164 Å². The van der Waals surface area contributed by atoms with E-state index in [4.69, 9.17) is 5.73 Å².